The van der Waals surface area contributed by atoms with Crippen LogP contribution in [0.15, 0.2) is 24.3 Å². The standard InChI is InChI=1S/C18H24ClNO2/c1-13(7-8-16-6-3-11-22-16)20-17(21)18(9-10-18)14-4-2-5-15(19)12-14/h2,4-5,12-13,16H,3,6-11H2,1H3,(H,20,21)/t13-,16-/m0/s1. The first-order valence-electron chi connectivity index (χ1n) is 8.29. The third kappa shape index (κ3) is 3.47. The molecular formula is C18H24ClNO2. The van der Waals surface area contributed by atoms with Crippen LogP contribution in [0.3, 0.4) is 0 Å². The van der Waals surface area contributed by atoms with Gasteiger partial charge in [0.15, 0.2) is 0 Å². The van der Waals surface area contributed by atoms with Crippen LogP contribution in [0.1, 0.15) is 51.0 Å². The fourth-order valence-corrected chi connectivity index (χ4v) is 3.49. The fourth-order valence-electron chi connectivity index (χ4n) is 3.30. The number of ether oxygens (including phenoxy) is 1. The lowest BCUT2D eigenvalue weighted by molar-refractivity contribution is -0.124. The summed E-state index contributed by atoms with van der Waals surface area (Å²) in [6.07, 6.45) is 6.56. The Morgan fingerprint density at radius 3 is 2.95 bits per heavy atom. The van der Waals surface area contributed by atoms with Crippen LogP contribution in [0, 0.1) is 0 Å². The summed E-state index contributed by atoms with van der Waals surface area (Å²) in [7, 11) is 0. The molecule has 1 N–H and O–H groups in total. The van der Waals surface area contributed by atoms with Crippen LogP contribution in [0.4, 0.5) is 0 Å². The van der Waals surface area contributed by atoms with E-state index in [1.165, 1.54) is 6.42 Å². The minimum Gasteiger partial charge on any atom is -0.378 e. The molecule has 2 atom stereocenters. The van der Waals surface area contributed by atoms with E-state index in [9.17, 15) is 4.79 Å². The molecule has 3 rings (SSSR count). The molecule has 120 valence electrons. The normalized spacial score (nSPS) is 24.0. The van der Waals surface area contributed by atoms with E-state index in [4.69, 9.17) is 16.3 Å². The van der Waals surface area contributed by atoms with Gasteiger partial charge in [0.1, 0.15) is 0 Å². The van der Waals surface area contributed by atoms with Gasteiger partial charge >= 0.3 is 0 Å². The molecule has 1 saturated heterocycles. The molecule has 1 aliphatic carbocycles. The van der Waals surface area contributed by atoms with E-state index in [1.54, 1.807) is 0 Å². The Morgan fingerprint density at radius 2 is 2.32 bits per heavy atom. The summed E-state index contributed by atoms with van der Waals surface area (Å²) in [5, 5.41) is 3.88. The van der Waals surface area contributed by atoms with Gasteiger partial charge in [-0.15, -0.1) is 0 Å². The Kier molecular flexibility index (Phi) is 4.74. The molecule has 0 unspecified atom stereocenters. The van der Waals surface area contributed by atoms with E-state index in [-0.39, 0.29) is 17.4 Å². The van der Waals surface area contributed by atoms with Crippen LogP contribution in [0.5, 0.6) is 0 Å². The van der Waals surface area contributed by atoms with Crippen molar-refractivity contribution in [2.75, 3.05) is 6.61 Å². The van der Waals surface area contributed by atoms with Crippen molar-refractivity contribution in [3.63, 3.8) is 0 Å². The van der Waals surface area contributed by atoms with E-state index in [2.05, 4.69) is 12.2 Å². The molecule has 2 aliphatic rings. The summed E-state index contributed by atoms with van der Waals surface area (Å²) < 4.78 is 5.64. The minimum atomic E-state index is -0.344. The summed E-state index contributed by atoms with van der Waals surface area (Å²) in [6.45, 7) is 2.98. The van der Waals surface area contributed by atoms with E-state index in [0.29, 0.717) is 11.1 Å². The van der Waals surface area contributed by atoms with Crippen molar-refractivity contribution < 1.29 is 9.53 Å². The highest BCUT2D eigenvalue weighted by Crippen LogP contribution is 2.49. The fraction of sp³-hybridized carbons (Fsp3) is 0.611. The first-order chi connectivity index (χ1) is 10.6. The summed E-state index contributed by atoms with van der Waals surface area (Å²) in [5.41, 5.74) is 0.701. The van der Waals surface area contributed by atoms with Gasteiger partial charge in [0.2, 0.25) is 5.91 Å². The largest absolute Gasteiger partial charge is 0.378 e. The van der Waals surface area contributed by atoms with Crippen molar-refractivity contribution in [2.45, 2.75) is 63.0 Å². The second-order valence-electron chi connectivity index (χ2n) is 6.68. The van der Waals surface area contributed by atoms with Crippen LogP contribution >= 0.6 is 11.6 Å². The summed E-state index contributed by atoms with van der Waals surface area (Å²) in [6, 6.07) is 7.89. The molecule has 2 fully saturated rings. The molecule has 1 aromatic carbocycles. The van der Waals surface area contributed by atoms with E-state index < -0.39 is 0 Å². The molecule has 0 radical (unpaired) electrons. The van der Waals surface area contributed by atoms with Gasteiger partial charge in [-0.3, -0.25) is 4.79 Å². The van der Waals surface area contributed by atoms with Crippen molar-refractivity contribution in [2.24, 2.45) is 0 Å². The lowest BCUT2D eigenvalue weighted by Crippen LogP contribution is -2.40. The lowest BCUT2D eigenvalue weighted by atomic mass is 9.94. The number of hydrogen-bond donors (Lipinski definition) is 1. The maximum absolute atomic E-state index is 12.7. The summed E-state index contributed by atoms with van der Waals surface area (Å²) in [4.78, 5) is 12.7. The van der Waals surface area contributed by atoms with Crippen molar-refractivity contribution in [3.05, 3.63) is 34.9 Å². The number of amides is 1. The molecule has 1 saturated carbocycles. The summed E-state index contributed by atoms with van der Waals surface area (Å²) in [5.74, 6) is 0.148. The van der Waals surface area contributed by atoms with Gasteiger partial charge in [0.25, 0.3) is 0 Å². The minimum absolute atomic E-state index is 0.148. The van der Waals surface area contributed by atoms with Gasteiger partial charge in [-0.05, 0) is 63.1 Å². The van der Waals surface area contributed by atoms with Crippen molar-refractivity contribution in [1.82, 2.24) is 5.32 Å². The highest BCUT2D eigenvalue weighted by atomic mass is 35.5. The van der Waals surface area contributed by atoms with Gasteiger partial charge in [-0.1, -0.05) is 23.7 Å². The first kappa shape index (κ1) is 15.8. The maximum Gasteiger partial charge on any atom is 0.230 e. The molecule has 0 spiro atoms. The van der Waals surface area contributed by atoms with E-state index in [0.717, 1.165) is 44.3 Å². The smallest absolute Gasteiger partial charge is 0.230 e. The Morgan fingerprint density at radius 1 is 1.50 bits per heavy atom. The van der Waals surface area contributed by atoms with Crippen LogP contribution in [-0.2, 0) is 14.9 Å². The average molecular weight is 322 g/mol. The first-order valence-corrected chi connectivity index (χ1v) is 8.66. The van der Waals surface area contributed by atoms with Crippen LogP contribution in [-0.4, -0.2) is 24.7 Å². The highest BCUT2D eigenvalue weighted by Gasteiger charge is 2.51. The second kappa shape index (κ2) is 6.59. The molecule has 3 nitrogen and oxygen atoms in total. The molecule has 4 heteroatoms. The predicted molar refractivity (Wildman–Crippen MR) is 88.2 cm³/mol. The average Bonchev–Trinajstić information content (AvgIpc) is 3.15. The zero-order chi connectivity index (χ0) is 15.6. The Balaban J connectivity index is 1.54. The molecule has 1 heterocycles. The molecule has 1 aromatic rings. The van der Waals surface area contributed by atoms with Gasteiger partial charge < -0.3 is 10.1 Å². The summed E-state index contributed by atoms with van der Waals surface area (Å²) >= 11 is 6.07. The third-order valence-corrected chi connectivity index (χ3v) is 5.12. The van der Waals surface area contributed by atoms with Crippen molar-refractivity contribution in [1.29, 1.82) is 0 Å². The number of halogens is 1. The maximum atomic E-state index is 12.7. The van der Waals surface area contributed by atoms with Gasteiger partial charge in [-0.25, -0.2) is 0 Å². The van der Waals surface area contributed by atoms with Gasteiger partial charge in [0, 0.05) is 17.7 Å². The lowest BCUT2D eigenvalue weighted by Gasteiger charge is -2.21. The highest BCUT2D eigenvalue weighted by molar-refractivity contribution is 6.30. The molecule has 0 bridgehead atoms. The molecular weight excluding hydrogens is 298 g/mol. The Hall–Kier alpha value is -1.06. The number of benzene rings is 1. The van der Waals surface area contributed by atoms with E-state index >= 15 is 0 Å². The topological polar surface area (TPSA) is 38.3 Å². The Labute approximate surface area is 137 Å². The van der Waals surface area contributed by atoms with Gasteiger partial charge in [-0.2, -0.15) is 0 Å². The molecule has 0 aromatic heterocycles. The zero-order valence-electron chi connectivity index (χ0n) is 13.1. The molecule has 22 heavy (non-hydrogen) atoms. The number of rotatable bonds is 6. The predicted octanol–water partition coefficient (Wildman–Crippen LogP) is 3.84. The number of hydrogen-bond acceptors (Lipinski definition) is 2. The van der Waals surface area contributed by atoms with Crippen LogP contribution < -0.4 is 5.32 Å². The van der Waals surface area contributed by atoms with Crippen molar-refractivity contribution >= 4 is 17.5 Å². The molecule has 1 amide bonds. The molecule has 1 aliphatic heterocycles. The van der Waals surface area contributed by atoms with Crippen LogP contribution in [0.25, 0.3) is 0 Å². The van der Waals surface area contributed by atoms with Gasteiger partial charge in [0.05, 0.1) is 11.5 Å². The number of nitrogens with one attached hydrogen (secondary N) is 1. The zero-order valence-corrected chi connectivity index (χ0v) is 13.9. The number of carbonyl (C=O) groups is 1. The van der Waals surface area contributed by atoms with Crippen molar-refractivity contribution in [3.8, 4) is 0 Å². The number of carbonyl (C=O) groups excluding carboxylic acids is 1. The monoisotopic (exact) mass is 321 g/mol. The quantitative estimate of drug-likeness (QED) is 0.864. The third-order valence-electron chi connectivity index (χ3n) is 4.88. The Bertz CT molecular complexity index is 536. The van der Waals surface area contributed by atoms with Crippen LogP contribution in [0.2, 0.25) is 5.02 Å². The SMILES string of the molecule is C[C@@H](CC[C@@H]1CCCO1)NC(=O)C1(c2cccc(Cl)c2)CC1. The van der Waals surface area contributed by atoms with E-state index in [1.807, 2.05) is 24.3 Å². The second-order valence-corrected chi connectivity index (χ2v) is 7.12.